The summed E-state index contributed by atoms with van der Waals surface area (Å²) in [6.45, 7) is 5.62. The Morgan fingerprint density at radius 2 is 2.04 bits per heavy atom. The Morgan fingerprint density at radius 1 is 1.32 bits per heavy atom. The van der Waals surface area contributed by atoms with Crippen LogP contribution in [0, 0.1) is 5.82 Å². The largest absolute Gasteiger partial charge is 0.329 e. The molecule has 25 heavy (non-hydrogen) atoms. The van der Waals surface area contributed by atoms with E-state index in [9.17, 15) is 18.8 Å². The molecule has 0 aromatic heterocycles. The average Bonchev–Trinajstić information content (AvgIpc) is 2.96. The number of nitrogens with zero attached hydrogens (tertiary/aromatic N) is 3. The SMILES string of the molecule is CC(=O)N1CC[C@@H]2[C@H]1C(=O)N(C(C)C)C(=O)N2Cc1cccc(F)c1. The highest BCUT2D eigenvalue weighted by atomic mass is 19.1. The molecule has 0 saturated carbocycles. The highest BCUT2D eigenvalue weighted by molar-refractivity contribution is 6.02. The Bertz CT molecular complexity index is 721. The Morgan fingerprint density at radius 3 is 2.64 bits per heavy atom. The zero-order chi connectivity index (χ0) is 18.3. The first-order chi connectivity index (χ1) is 11.8. The van der Waals surface area contributed by atoms with Gasteiger partial charge < -0.3 is 9.80 Å². The summed E-state index contributed by atoms with van der Waals surface area (Å²) < 4.78 is 13.5. The highest BCUT2D eigenvalue weighted by Gasteiger charge is 2.53. The monoisotopic (exact) mass is 347 g/mol. The van der Waals surface area contributed by atoms with Crippen LogP contribution in [0.4, 0.5) is 9.18 Å². The number of imide groups is 1. The van der Waals surface area contributed by atoms with Gasteiger partial charge in [0.25, 0.3) is 5.91 Å². The molecule has 6 nitrogen and oxygen atoms in total. The number of hydrogen-bond donors (Lipinski definition) is 0. The van der Waals surface area contributed by atoms with Gasteiger partial charge in [-0.2, -0.15) is 0 Å². The van der Waals surface area contributed by atoms with Crippen LogP contribution < -0.4 is 0 Å². The number of benzene rings is 1. The van der Waals surface area contributed by atoms with Crippen molar-refractivity contribution in [2.75, 3.05) is 6.54 Å². The van der Waals surface area contributed by atoms with Gasteiger partial charge in [0.15, 0.2) is 0 Å². The number of halogens is 1. The summed E-state index contributed by atoms with van der Waals surface area (Å²) in [5.41, 5.74) is 0.659. The summed E-state index contributed by atoms with van der Waals surface area (Å²) in [5, 5.41) is 0. The molecule has 2 aliphatic heterocycles. The number of amides is 4. The predicted molar refractivity (Wildman–Crippen MR) is 88.9 cm³/mol. The first-order valence-electron chi connectivity index (χ1n) is 8.46. The summed E-state index contributed by atoms with van der Waals surface area (Å²) in [7, 11) is 0. The molecule has 2 fully saturated rings. The maximum Gasteiger partial charge on any atom is 0.327 e. The van der Waals surface area contributed by atoms with E-state index in [0.29, 0.717) is 18.5 Å². The third-order valence-electron chi connectivity index (χ3n) is 4.87. The number of carbonyl (C=O) groups excluding carboxylic acids is 3. The molecule has 4 amide bonds. The van der Waals surface area contributed by atoms with Gasteiger partial charge in [-0.05, 0) is 38.0 Å². The lowest BCUT2D eigenvalue weighted by Crippen LogP contribution is -2.66. The second-order valence-corrected chi connectivity index (χ2v) is 6.86. The summed E-state index contributed by atoms with van der Waals surface area (Å²) in [6.07, 6.45) is 0.545. The lowest BCUT2D eigenvalue weighted by molar-refractivity contribution is -0.146. The van der Waals surface area contributed by atoms with E-state index in [4.69, 9.17) is 0 Å². The van der Waals surface area contributed by atoms with Crippen LogP contribution in [-0.2, 0) is 16.1 Å². The molecular weight excluding hydrogens is 325 g/mol. The number of carbonyl (C=O) groups is 3. The van der Waals surface area contributed by atoms with Crippen LogP contribution in [0.25, 0.3) is 0 Å². The lowest BCUT2D eigenvalue weighted by Gasteiger charge is -2.44. The molecule has 0 radical (unpaired) electrons. The maximum absolute atomic E-state index is 13.5. The van der Waals surface area contributed by atoms with E-state index in [2.05, 4.69) is 0 Å². The van der Waals surface area contributed by atoms with Gasteiger partial charge in [0.2, 0.25) is 5.91 Å². The molecule has 0 spiro atoms. The second-order valence-electron chi connectivity index (χ2n) is 6.86. The van der Waals surface area contributed by atoms with Gasteiger partial charge >= 0.3 is 6.03 Å². The average molecular weight is 347 g/mol. The van der Waals surface area contributed by atoms with Gasteiger partial charge in [-0.25, -0.2) is 9.18 Å². The van der Waals surface area contributed by atoms with Crippen LogP contribution in [0.5, 0.6) is 0 Å². The second kappa shape index (κ2) is 6.46. The first-order valence-corrected chi connectivity index (χ1v) is 8.46. The van der Waals surface area contributed by atoms with Gasteiger partial charge in [0, 0.05) is 26.1 Å². The molecule has 2 aliphatic rings. The third kappa shape index (κ3) is 2.99. The Hall–Kier alpha value is -2.44. The number of rotatable bonds is 3. The van der Waals surface area contributed by atoms with Crippen LogP contribution in [0.15, 0.2) is 24.3 Å². The summed E-state index contributed by atoms with van der Waals surface area (Å²) in [5.74, 6) is -0.870. The quantitative estimate of drug-likeness (QED) is 0.840. The van der Waals surface area contributed by atoms with Crippen molar-refractivity contribution in [1.29, 1.82) is 0 Å². The Balaban J connectivity index is 1.96. The molecule has 1 aromatic rings. The fourth-order valence-electron chi connectivity index (χ4n) is 3.76. The van der Waals surface area contributed by atoms with E-state index in [1.807, 2.05) is 0 Å². The topological polar surface area (TPSA) is 60.9 Å². The van der Waals surface area contributed by atoms with E-state index in [1.54, 1.807) is 30.9 Å². The van der Waals surface area contributed by atoms with Crippen molar-refractivity contribution in [1.82, 2.24) is 14.7 Å². The molecule has 2 heterocycles. The zero-order valence-electron chi connectivity index (χ0n) is 14.6. The van der Waals surface area contributed by atoms with Crippen LogP contribution >= 0.6 is 0 Å². The van der Waals surface area contributed by atoms with Gasteiger partial charge in [-0.15, -0.1) is 0 Å². The van der Waals surface area contributed by atoms with Crippen molar-refractivity contribution >= 4 is 17.8 Å². The van der Waals surface area contributed by atoms with Crippen molar-refractivity contribution in [2.45, 2.75) is 51.9 Å². The molecule has 0 aliphatic carbocycles. The van der Waals surface area contributed by atoms with E-state index in [0.717, 1.165) is 0 Å². The van der Waals surface area contributed by atoms with Crippen LogP contribution in [0.3, 0.4) is 0 Å². The Kier molecular flexibility index (Phi) is 4.49. The van der Waals surface area contributed by atoms with Crippen LogP contribution in [0.1, 0.15) is 32.8 Å². The number of urea groups is 1. The normalized spacial score (nSPS) is 23.5. The fourth-order valence-corrected chi connectivity index (χ4v) is 3.76. The minimum atomic E-state index is -0.661. The van der Waals surface area contributed by atoms with Crippen molar-refractivity contribution in [3.8, 4) is 0 Å². The van der Waals surface area contributed by atoms with Crippen molar-refractivity contribution in [3.63, 3.8) is 0 Å². The lowest BCUT2D eigenvalue weighted by atomic mass is 10.0. The van der Waals surface area contributed by atoms with Gasteiger partial charge in [-0.1, -0.05) is 12.1 Å². The van der Waals surface area contributed by atoms with E-state index < -0.39 is 6.04 Å². The van der Waals surface area contributed by atoms with Crippen molar-refractivity contribution in [3.05, 3.63) is 35.6 Å². The molecule has 7 heteroatoms. The van der Waals surface area contributed by atoms with Gasteiger partial charge in [0.05, 0.1) is 6.04 Å². The maximum atomic E-state index is 13.5. The van der Waals surface area contributed by atoms with Crippen LogP contribution in [-0.4, -0.2) is 57.2 Å². The molecule has 134 valence electrons. The van der Waals surface area contributed by atoms with Gasteiger partial charge in [0.1, 0.15) is 11.9 Å². The van der Waals surface area contributed by atoms with E-state index >= 15 is 0 Å². The summed E-state index contributed by atoms with van der Waals surface area (Å²) in [6, 6.07) is 4.35. The predicted octanol–water partition coefficient (Wildman–Crippen LogP) is 1.99. The standard InChI is InChI=1S/C18H22FN3O3/c1-11(2)22-17(24)16-15(7-8-20(16)12(3)23)21(18(22)25)10-13-5-4-6-14(19)9-13/h4-6,9,11,15-16H,7-8,10H2,1-3H3/t15-,16+/m1/s1. The molecule has 0 bridgehead atoms. The zero-order valence-corrected chi connectivity index (χ0v) is 14.6. The fraction of sp³-hybridized carbons (Fsp3) is 0.500. The van der Waals surface area contributed by atoms with Crippen molar-refractivity contribution in [2.24, 2.45) is 0 Å². The van der Waals surface area contributed by atoms with Crippen molar-refractivity contribution < 1.29 is 18.8 Å². The Labute approximate surface area is 146 Å². The molecule has 2 saturated heterocycles. The molecule has 0 N–H and O–H groups in total. The number of hydrogen-bond acceptors (Lipinski definition) is 3. The molecule has 1 aromatic carbocycles. The molecule has 3 rings (SSSR count). The summed E-state index contributed by atoms with van der Waals surface area (Å²) >= 11 is 0. The van der Waals surface area contributed by atoms with Crippen LogP contribution in [0.2, 0.25) is 0 Å². The van der Waals surface area contributed by atoms with E-state index in [1.165, 1.54) is 28.9 Å². The molecular formula is C18H22FN3O3. The van der Waals surface area contributed by atoms with Gasteiger partial charge in [-0.3, -0.25) is 14.5 Å². The highest BCUT2D eigenvalue weighted by Crippen LogP contribution is 2.32. The number of likely N-dealkylation sites (tertiary alicyclic amines) is 1. The smallest absolute Gasteiger partial charge is 0.327 e. The minimum Gasteiger partial charge on any atom is -0.329 e. The third-order valence-corrected chi connectivity index (χ3v) is 4.87. The van der Waals surface area contributed by atoms with E-state index in [-0.39, 0.29) is 42.3 Å². The summed E-state index contributed by atoms with van der Waals surface area (Å²) in [4.78, 5) is 42.0. The minimum absolute atomic E-state index is 0.176. The first kappa shape index (κ1) is 17.4. The number of fused-ring (bicyclic) bond motifs is 1. The molecule has 0 unspecified atom stereocenters. The molecule has 2 atom stereocenters.